The van der Waals surface area contributed by atoms with Gasteiger partial charge in [-0.2, -0.15) is 4.98 Å². The summed E-state index contributed by atoms with van der Waals surface area (Å²) in [5.74, 6) is 1.15. The molecule has 0 amide bonds. The van der Waals surface area contributed by atoms with E-state index in [1.54, 1.807) is 18.3 Å². The van der Waals surface area contributed by atoms with Crippen molar-refractivity contribution in [1.82, 2.24) is 9.97 Å². The molecule has 0 aliphatic rings. The predicted octanol–water partition coefficient (Wildman–Crippen LogP) is 1.47. The van der Waals surface area contributed by atoms with Crippen LogP contribution in [-0.2, 0) is 0 Å². The van der Waals surface area contributed by atoms with E-state index in [2.05, 4.69) is 21.9 Å². The molecule has 0 aromatic carbocycles. The molecule has 0 saturated carbocycles. The van der Waals surface area contributed by atoms with Crippen molar-refractivity contribution < 1.29 is 4.74 Å². The Morgan fingerprint density at radius 3 is 3.23 bits per heavy atom. The van der Waals surface area contributed by atoms with E-state index in [1.807, 2.05) is 6.92 Å². The number of hydrogen-bond acceptors (Lipinski definition) is 4. The molecule has 0 radical (unpaired) electrons. The summed E-state index contributed by atoms with van der Waals surface area (Å²) in [6, 6.07) is 1.72. The van der Waals surface area contributed by atoms with Gasteiger partial charge in [-0.15, -0.1) is 6.58 Å². The minimum absolute atomic E-state index is 0.561. The van der Waals surface area contributed by atoms with Crippen LogP contribution in [-0.4, -0.2) is 23.1 Å². The molecule has 0 spiro atoms. The Kier molecular flexibility index (Phi) is 3.75. The van der Waals surface area contributed by atoms with E-state index in [9.17, 15) is 0 Å². The highest BCUT2D eigenvalue weighted by Gasteiger charge is 1.96. The fourth-order valence-corrected chi connectivity index (χ4v) is 0.819. The number of hydrogen-bond donors (Lipinski definition) is 1. The molecule has 4 nitrogen and oxygen atoms in total. The molecular weight excluding hydrogens is 166 g/mol. The third-order valence-electron chi connectivity index (χ3n) is 1.33. The van der Waals surface area contributed by atoms with Crippen molar-refractivity contribution in [3.05, 3.63) is 24.9 Å². The average Bonchev–Trinajstić information content (AvgIpc) is 2.16. The summed E-state index contributed by atoms with van der Waals surface area (Å²) < 4.78 is 5.21. The molecule has 13 heavy (non-hydrogen) atoms. The van der Waals surface area contributed by atoms with E-state index in [4.69, 9.17) is 4.74 Å². The average molecular weight is 179 g/mol. The van der Waals surface area contributed by atoms with Gasteiger partial charge in [0.25, 0.3) is 0 Å². The van der Waals surface area contributed by atoms with E-state index in [-0.39, 0.29) is 0 Å². The fraction of sp³-hybridized carbons (Fsp3) is 0.333. The Morgan fingerprint density at radius 2 is 2.54 bits per heavy atom. The summed E-state index contributed by atoms with van der Waals surface area (Å²) in [5.41, 5.74) is 0. The van der Waals surface area contributed by atoms with Crippen LogP contribution in [0.3, 0.4) is 0 Å². The highest BCUT2D eigenvalue weighted by molar-refractivity contribution is 5.27. The minimum Gasteiger partial charge on any atom is -0.478 e. The van der Waals surface area contributed by atoms with Crippen molar-refractivity contribution in [2.45, 2.75) is 6.92 Å². The van der Waals surface area contributed by atoms with Crippen LogP contribution in [0.2, 0.25) is 0 Å². The van der Waals surface area contributed by atoms with Gasteiger partial charge in [-0.05, 0) is 6.92 Å². The van der Waals surface area contributed by atoms with Crippen LogP contribution < -0.4 is 10.1 Å². The van der Waals surface area contributed by atoms with Gasteiger partial charge in [0.2, 0.25) is 11.8 Å². The summed E-state index contributed by atoms with van der Waals surface area (Å²) in [4.78, 5) is 8.12. The minimum atomic E-state index is 0.561. The van der Waals surface area contributed by atoms with Gasteiger partial charge in [-0.1, -0.05) is 6.08 Å². The SMILES string of the molecule is C=CCNc1nccc(OCC)n1. The maximum absolute atomic E-state index is 5.21. The molecule has 4 heteroatoms. The molecule has 0 fully saturated rings. The van der Waals surface area contributed by atoms with E-state index in [0.717, 1.165) is 0 Å². The van der Waals surface area contributed by atoms with E-state index in [1.165, 1.54) is 0 Å². The number of nitrogens with one attached hydrogen (secondary N) is 1. The Morgan fingerprint density at radius 1 is 1.69 bits per heavy atom. The Labute approximate surface area is 77.7 Å². The largest absolute Gasteiger partial charge is 0.478 e. The summed E-state index contributed by atoms with van der Waals surface area (Å²) in [5, 5.41) is 2.97. The van der Waals surface area contributed by atoms with Crippen LogP contribution >= 0.6 is 0 Å². The van der Waals surface area contributed by atoms with Gasteiger partial charge >= 0.3 is 0 Å². The van der Waals surface area contributed by atoms with Crippen molar-refractivity contribution in [2.75, 3.05) is 18.5 Å². The summed E-state index contributed by atoms with van der Waals surface area (Å²) in [7, 11) is 0. The zero-order valence-corrected chi connectivity index (χ0v) is 7.66. The standard InChI is InChI=1S/C9H13N3O/c1-3-6-10-9-11-7-5-8(12-9)13-4-2/h3,5,7H,1,4,6H2,2H3,(H,10,11,12). The van der Waals surface area contributed by atoms with Crippen LogP contribution in [0.1, 0.15) is 6.92 Å². The van der Waals surface area contributed by atoms with Gasteiger partial charge in [0.15, 0.2) is 0 Å². The van der Waals surface area contributed by atoms with Gasteiger partial charge in [-0.3, -0.25) is 0 Å². The van der Waals surface area contributed by atoms with Crippen LogP contribution in [0.4, 0.5) is 5.95 Å². The number of aromatic nitrogens is 2. The van der Waals surface area contributed by atoms with E-state index in [0.29, 0.717) is 25.0 Å². The number of nitrogens with zero attached hydrogens (tertiary/aromatic N) is 2. The summed E-state index contributed by atoms with van der Waals surface area (Å²) >= 11 is 0. The number of anilines is 1. The van der Waals surface area contributed by atoms with Gasteiger partial charge in [0.1, 0.15) is 0 Å². The van der Waals surface area contributed by atoms with Crippen LogP contribution in [0.25, 0.3) is 0 Å². The molecule has 1 rings (SSSR count). The lowest BCUT2D eigenvalue weighted by Gasteiger charge is -2.04. The third kappa shape index (κ3) is 3.11. The maximum atomic E-state index is 5.21. The molecule has 0 aliphatic heterocycles. The number of rotatable bonds is 5. The summed E-state index contributed by atoms with van der Waals surface area (Å²) in [6.07, 6.45) is 3.40. The lowest BCUT2D eigenvalue weighted by molar-refractivity contribution is 0.326. The Bertz CT molecular complexity index is 275. The van der Waals surface area contributed by atoms with Crippen molar-refractivity contribution in [3.8, 4) is 5.88 Å². The molecule has 70 valence electrons. The van der Waals surface area contributed by atoms with Crippen molar-refractivity contribution in [3.63, 3.8) is 0 Å². The molecular formula is C9H13N3O. The second kappa shape index (κ2) is 5.13. The lowest BCUT2D eigenvalue weighted by atomic mass is 10.6. The molecule has 1 heterocycles. The monoisotopic (exact) mass is 179 g/mol. The van der Waals surface area contributed by atoms with Crippen LogP contribution in [0, 0.1) is 0 Å². The predicted molar refractivity (Wildman–Crippen MR) is 51.9 cm³/mol. The molecule has 0 aliphatic carbocycles. The first-order valence-electron chi connectivity index (χ1n) is 4.17. The molecule has 1 N–H and O–H groups in total. The third-order valence-corrected chi connectivity index (χ3v) is 1.33. The molecule has 0 unspecified atom stereocenters. The first-order valence-corrected chi connectivity index (χ1v) is 4.17. The van der Waals surface area contributed by atoms with Crippen molar-refractivity contribution >= 4 is 5.95 Å². The van der Waals surface area contributed by atoms with Crippen molar-refractivity contribution in [2.24, 2.45) is 0 Å². The zero-order valence-electron chi connectivity index (χ0n) is 7.66. The molecule has 1 aromatic rings. The highest BCUT2D eigenvalue weighted by atomic mass is 16.5. The van der Waals surface area contributed by atoms with E-state index >= 15 is 0 Å². The lowest BCUT2D eigenvalue weighted by Crippen LogP contribution is -2.04. The van der Waals surface area contributed by atoms with Crippen LogP contribution in [0.5, 0.6) is 5.88 Å². The molecule has 0 atom stereocenters. The maximum Gasteiger partial charge on any atom is 0.226 e. The Balaban J connectivity index is 2.61. The molecule has 1 aromatic heterocycles. The first-order chi connectivity index (χ1) is 6.36. The van der Waals surface area contributed by atoms with Crippen molar-refractivity contribution in [1.29, 1.82) is 0 Å². The highest BCUT2D eigenvalue weighted by Crippen LogP contribution is 2.07. The van der Waals surface area contributed by atoms with Gasteiger partial charge in [0.05, 0.1) is 6.61 Å². The Hall–Kier alpha value is -1.58. The smallest absolute Gasteiger partial charge is 0.226 e. The fourth-order valence-electron chi connectivity index (χ4n) is 0.819. The van der Waals surface area contributed by atoms with E-state index < -0.39 is 0 Å². The normalized spacial score (nSPS) is 9.31. The van der Waals surface area contributed by atoms with Gasteiger partial charge in [-0.25, -0.2) is 4.98 Å². The topological polar surface area (TPSA) is 47.0 Å². The first kappa shape index (κ1) is 9.51. The number of ether oxygens (including phenoxy) is 1. The van der Waals surface area contributed by atoms with Gasteiger partial charge < -0.3 is 10.1 Å². The molecule has 0 bridgehead atoms. The van der Waals surface area contributed by atoms with Crippen LogP contribution in [0.15, 0.2) is 24.9 Å². The summed E-state index contributed by atoms with van der Waals surface area (Å²) in [6.45, 7) is 6.76. The quantitative estimate of drug-likeness (QED) is 0.695. The zero-order chi connectivity index (χ0) is 9.52. The van der Waals surface area contributed by atoms with Gasteiger partial charge in [0, 0.05) is 18.8 Å². The molecule has 0 saturated heterocycles. The second-order valence-electron chi connectivity index (χ2n) is 2.32. The second-order valence-corrected chi connectivity index (χ2v) is 2.32.